The van der Waals surface area contributed by atoms with Gasteiger partial charge in [0.2, 0.25) is 5.91 Å². The molecule has 4 rings (SSSR count). The van der Waals surface area contributed by atoms with Gasteiger partial charge >= 0.3 is 0 Å². The summed E-state index contributed by atoms with van der Waals surface area (Å²) in [6, 6.07) is 0. The molecule has 1 aliphatic heterocycles. The van der Waals surface area contributed by atoms with E-state index in [-0.39, 0.29) is 22.8 Å². The van der Waals surface area contributed by atoms with E-state index in [0.717, 1.165) is 75.0 Å². The number of ether oxygens (including phenoxy) is 1. The number of aromatic nitrogens is 2. The second kappa shape index (κ2) is 10.9. The van der Waals surface area contributed by atoms with E-state index in [0.29, 0.717) is 18.2 Å². The molecule has 0 spiro atoms. The minimum atomic E-state index is -0.124. The second-order valence-electron chi connectivity index (χ2n) is 9.57. The number of fused-ring (bicyclic) bond motifs is 3. The van der Waals surface area contributed by atoms with E-state index in [4.69, 9.17) is 9.72 Å². The van der Waals surface area contributed by atoms with Crippen LogP contribution in [0.2, 0.25) is 0 Å². The zero-order valence-corrected chi connectivity index (χ0v) is 21.7. The van der Waals surface area contributed by atoms with Crippen LogP contribution >= 0.6 is 23.1 Å². The number of hydrogen-bond donors (Lipinski definition) is 1. The molecule has 0 bridgehead atoms. The lowest BCUT2D eigenvalue weighted by Gasteiger charge is -2.40. The van der Waals surface area contributed by atoms with Gasteiger partial charge in [-0.15, -0.1) is 11.3 Å². The van der Waals surface area contributed by atoms with Crippen molar-refractivity contribution in [3.63, 3.8) is 0 Å². The first-order chi connectivity index (χ1) is 15.9. The van der Waals surface area contributed by atoms with Gasteiger partial charge in [-0.3, -0.25) is 19.1 Å². The van der Waals surface area contributed by atoms with Crippen LogP contribution in [0.25, 0.3) is 10.2 Å². The second-order valence-corrected chi connectivity index (χ2v) is 11.6. The molecule has 33 heavy (non-hydrogen) atoms. The Hall–Kier alpha value is -1.42. The van der Waals surface area contributed by atoms with Crippen LogP contribution in [0.5, 0.6) is 0 Å². The summed E-state index contributed by atoms with van der Waals surface area (Å²) in [4.78, 5) is 35.5. The molecule has 1 amide bonds. The number of carbonyl (C=O) groups excluding carboxylic acids is 1. The van der Waals surface area contributed by atoms with Crippen LogP contribution in [0.1, 0.15) is 56.9 Å². The summed E-state index contributed by atoms with van der Waals surface area (Å²) in [5, 5.41) is 4.59. The SMILES string of the molecule is CCCCCn1c(SCC(=O)NCC(C)(C)N2CCOCC2)nc2sc3c(c2c1=O)CCC3. The van der Waals surface area contributed by atoms with Crippen molar-refractivity contribution >= 4 is 39.2 Å². The molecule has 0 saturated carbocycles. The third-order valence-corrected chi connectivity index (χ3v) is 8.85. The number of thioether (sulfide) groups is 1. The summed E-state index contributed by atoms with van der Waals surface area (Å²) < 4.78 is 7.27. The number of thiophene rings is 1. The van der Waals surface area contributed by atoms with Crippen LogP contribution in [0.3, 0.4) is 0 Å². The molecule has 0 aromatic carbocycles. The van der Waals surface area contributed by atoms with Gasteiger partial charge in [0.25, 0.3) is 5.56 Å². The molecule has 182 valence electrons. The number of amides is 1. The van der Waals surface area contributed by atoms with E-state index >= 15 is 0 Å². The van der Waals surface area contributed by atoms with Gasteiger partial charge < -0.3 is 10.1 Å². The Morgan fingerprint density at radius 2 is 2.03 bits per heavy atom. The normalized spacial score (nSPS) is 16.9. The number of nitrogens with zero attached hydrogens (tertiary/aromatic N) is 3. The number of carbonyl (C=O) groups is 1. The maximum atomic E-state index is 13.4. The lowest BCUT2D eigenvalue weighted by atomic mass is 10.0. The van der Waals surface area contributed by atoms with Gasteiger partial charge in [0, 0.05) is 36.6 Å². The Morgan fingerprint density at radius 3 is 2.79 bits per heavy atom. The van der Waals surface area contributed by atoms with Gasteiger partial charge in [-0.05, 0) is 45.1 Å². The molecule has 2 aromatic rings. The van der Waals surface area contributed by atoms with Crippen LogP contribution in [0.15, 0.2) is 9.95 Å². The fraction of sp³-hybridized carbons (Fsp3) is 0.708. The average Bonchev–Trinajstić information content (AvgIpc) is 3.39. The summed E-state index contributed by atoms with van der Waals surface area (Å²) in [6.45, 7) is 11.0. The van der Waals surface area contributed by atoms with Crippen molar-refractivity contribution in [1.29, 1.82) is 0 Å². The quantitative estimate of drug-likeness (QED) is 0.311. The molecule has 1 aliphatic carbocycles. The number of rotatable bonds is 10. The highest BCUT2D eigenvalue weighted by atomic mass is 32.2. The molecule has 1 fully saturated rings. The van der Waals surface area contributed by atoms with Crippen molar-refractivity contribution in [3.8, 4) is 0 Å². The van der Waals surface area contributed by atoms with Gasteiger partial charge in [-0.25, -0.2) is 4.98 Å². The van der Waals surface area contributed by atoms with Gasteiger partial charge in [-0.1, -0.05) is 31.5 Å². The van der Waals surface area contributed by atoms with Crippen molar-refractivity contribution in [2.75, 3.05) is 38.6 Å². The Balaban J connectivity index is 1.45. The average molecular weight is 493 g/mol. The molecule has 9 heteroatoms. The molecule has 3 heterocycles. The monoisotopic (exact) mass is 492 g/mol. The van der Waals surface area contributed by atoms with Crippen molar-refractivity contribution in [2.45, 2.75) is 76.5 Å². The van der Waals surface area contributed by atoms with Crippen molar-refractivity contribution in [3.05, 3.63) is 20.8 Å². The van der Waals surface area contributed by atoms with Crippen molar-refractivity contribution < 1.29 is 9.53 Å². The number of morpholine rings is 1. The van der Waals surface area contributed by atoms with Crippen LogP contribution in [-0.4, -0.2) is 64.5 Å². The van der Waals surface area contributed by atoms with Gasteiger partial charge in [0.05, 0.1) is 24.4 Å². The molecular formula is C24H36N4O3S2. The molecule has 0 unspecified atom stereocenters. The van der Waals surface area contributed by atoms with E-state index in [9.17, 15) is 9.59 Å². The third kappa shape index (κ3) is 5.63. The largest absolute Gasteiger partial charge is 0.379 e. The van der Waals surface area contributed by atoms with Crippen molar-refractivity contribution in [1.82, 2.24) is 19.8 Å². The number of nitrogens with one attached hydrogen (secondary N) is 1. The summed E-state index contributed by atoms with van der Waals surface area (Å²) >= 11 is 3.04. The Morgan fingerprint density at radius 1 is 1.24 bits per heavy atom. The molecule has 0 radical (unpaired) electrons. The zero-order valence-electron chi connectivity index (χ0n) is 20.1. The maximum absolute atomic E-state index is 13.4. The zero-order chi connectivity index (χ0) is 23.4. The van der Waals surface area contributed by atoms with Crippen LogP contribution in [-0.2, 0) is 28.9 Å². The summed E-state index contributed by atoms with van der Waals surface area (Å²) in [5.74, 6) is 0.236. The first-order valence-corrected chi connectivity index (χ1v) is 14.0. The minimum absolute atomic E-state index is 0.0236. The fourth-order valence-electron chi connectivity index (χ4n) is 4.66. The van der Waals surface area contributed by atoms with Gasteiger partial charge in [-0.2, -0.15) is 0 Å². The summed E-state index contributed by atoms with van der Waals surface area (Å²) in [7, 11) is 0. The third-order valence-electron chi connectivity index (χ3n) is 6.69. The standard InChI is InChI=1S/C24H36N4O3S2/c1-4-5-6-10-28-22(30)20-17-8-7-9-18(17)33-21(20)26-23(28)32-15-19(29)25-16-24(2,3)27-11-13-31-14-12-27/h4-16H2,1-3H3,(H,25,29). The number of aryl methyl sites for hydroxylation is 2. The Kier molecular flexibility index (Phi) is 8.15. The minimum Gasteiger partial charge on any atom is -0.379 e. The fourth-order valence-corrected chi connectivity index (χ4v) is 6.82. The highest BCUT2D eigenvalue weighted by Crippen LogP contribution is 2.35. The molecule has 0 atom stereocenters. The summed E-state index contributed by atoms with van der Waals surface area (Å²) in [5.41, 5.74) is 1.17. The summed E-state index contributed by atoms with van der Waals surface area (Å²) in [6.07, 6.45) is 6.28. The molecule has 2 aromatic heterocycles. The first kappa shape index (κ1) is 24.7. The van der Waals surface area contributed by atoms with E-state index in [1.807, 2.05) is 4.57 Å². The first-order valence-electron chi connectivity index (χ1n) is 12.2. The van der Waals surface area contributed by atoms with E-state index in [2.05, 4.69) is 31.0 Å². The van der Waals surface area contributed by atoms with Crippen LogP contribution in [0, 0.1) is 0 Å². The van der Waals surface area contributed by atoms with Gasteiger partial charge in [0.15, 0.2) is 5.16 Å². The predicted molar refractivity (Wildman–Crippen MR) is 136 cm³/mol. The molecule has 7 nitrogen and oxygen atoms in total. The Labute approximate surface area is 204 Å². The van der Waals surface area contributed by atoms with E-state index in [1.165, 1.54) is 22.2 Å². The smallest absolute Gasteiger partial charge is 0.263 e. The molecule has 2 aliphatic rings. The highest BCUT2D eigenvalue weighted by molar-refractivity contribution is 7.99. The highest BCUT2D eigenvalue weighted by Gasteiger charge is 2.29. The Bertz CT molecular complexity index is 1040. The predicted octanol–water partition coefficient (Wildman–Crippen LogP) is 3.46. The number of unbranched alkanes of at least 4 members (excludes halogenated alkanes) is 2. The molecule has 1 saturated heterocycles. The van der Waals surface area contributed by atoms with Gasteiger partial charge in [0.1, 0.15) is 4.83 Å². The maximum Gasteiger partial charge on any atom is 0.263 e. The van der Waals surface area contributed by atoms with Crippen LogP contribution in [0.4, 0.5) is 0 Å². The topological polar surface area (TPSA) is 76.5 Å². The lowest BCUT2D eigenvalue weighted by Crippen LogP contribution is -2.55. The van der Waals surface area contributed by atoms with E-state index in [1.54, 1.807) is 11.3 Å². The van der Waals surface area contributed by atoms with Crippen molar-refractivity contribution in [2.24, 2.45) is 0 Å². The molecule has 1 N–H and O–H groups in total. The molecular weight excluding hydrogens is 456 g/mol. The lowest BCUT2D eigenvalue weighted by molar-refractivity contribution is -0.119. The van der Waals surface area contributed by atoms with E-state index < -0.39 is 0 Å². The number of hydrogen-bond acceptors (Lipinski definition) is 7. The van der Waals surface area contributed by atoms with Crippen LogP contribution < -0.4 is 10.9 Å².